The minimum absolute atomic E-state index is 0.729. The summed E-state index contributed by atoms with van der Waals surface area (Å²) in [6.45, 7) is 3.67. The van der Waals surface area contributed by atoms with Crippen molar-refractivity contribution in [1.29, 1.82) is 0 Å². The van der Waals surface area contributed by atoms with Crippen molar-refractivity contribution in [2.75, 3.05) is 13.7 Å². The molecule has 0 aliphatic rings. The molecule has 3 aromatic rings. The first-order valence-electron chi connectivity index (χ1n) is 8.22. The Morgan fingerprint density at radius 2 is 1.80 bits per heavy atom. The van der Waals surface area contributed by atoms with Crippen LogP contribution in [0.15, 0.2) is 58.9 Å². The Labute approximate surface area is 157 Å². The standard InChI is InChI=1S/C20H21ClN2OS/c1-15-4-10-18(11-5-15)22-20-23(12-3-13-24-2)19(14-25-20)16-6-8-17(21)9-7-16/h4-11,14H,3,12-13H2,1-2H3. The lowest BCUT2D eigenvalue weighted by Gasteiger charge is -2.09. The van der Waals surface area contributed by atoms with E-state index in [1.807, 2.05) is 24.3 Å². The smallest absolute Gasteiger partial charge is 0.190 e. The molecule has 0 unspecified atom stereocenters. The lowest BCUT2D eigenvalue weighted by atomic mass is 10.2. The van der Waals surface area contributed by atoms with Crippen molar-refractivity contribution < 1.29 is 4.74 Å². The average molecular weight is 373 g/mol. The zero-order valence-corrected chi connectivity index (χ0v) is 16.0. The fourth-order valence-corrected chi connectivity index (χ4v) is 3.66. The average Bonchev–Trinajstić information content (AvgIpc) is 3.01. The summed E-state index contributed by atoms with van der Waals surface area (Å²) in [4.78, 5) is 5.83. The molecule has 5 heteroatoms. The van der Waals surface area contributed by atoms with E-state index in [9.17, 15) is 0 Å². The Kier molecular flexibility index (Phi) is 6.08. The summed E-state index contributed by atoms with van der Waals surface area (Å²) in [6.07, 6.45) is 0.939. The van der Waals surface area contributed by atoms with Gasteiger partial charge in [-0.1, -0.05) is 41.4 Å². The van der Waals surface area contributed by atoms with E-state index in [2.05, 4.69) is 41.1 Å². The molecule has 0 radical (unpaired) electrons. The van der Waals surface area contributed by atoms with Gasteiger partial charge in [-0.3, -0.25) is 0 Å². The summed E-state index contributed by atoms with van der Waals surface area (Å²) >= 11 is 7.68. The highest BCUT2D eigenvalue weighted by Gasteiger charge is 2.08. The van der Waals surface area contributed by atoms with Gasteiger partial charge in [0.25, 0.3) is 0 Å². The van der Waals surface area contributed by atoms with Gasteiger partial charge in [-0.25, -0.2) is 4.99 Å². The zero-order chi connectivity index (χ0) is 17.6. The van der Waals surface area contributed by atoms with Crippen LogP contribution in [0.1, 0.15) is 12.0 Å². The molecule has 0 aliphatic heterocycles. The maximum Gasteiger partial charge on any atom is 0.190 e. The van der Waals surface area contributed by atoms with Crippen molar-refractivity contribution in [2.24, 2.45) is 4.99 Å². The number of rotatable bonds is 6. The fraction of sp³-hybridized carbons (Fsp3) is 0.250. The number of methoxy groups -OCH3 is 1. The summed E-state index contributed by atoms with van der Waals surface area (Å²) in [5.41, 5.74) is 4.50. The van der Waals surface area contributed by atoms with Crippen LogP contribution in [0.3, 0.4) is 0 Å². The van der Waals surface area contributed by atoms with Crippen molar-refractivity contribution in [2.45, 2.75) is 19.9 Å². The molecule has 1 aromatic heterocycles. The van der Waals surface area contributed by atoms with Gasteiger partial charge in [0, 0.05) is 30.7 Å². The molecule has 0 amide bonds. The van der Waals surface area contributed by atoms with E-state index in [-0.39, 0.29) is 0 Å². The van der Waals surface area contributed by atoms with Crippen molar-refractivity contribution in [3.63, 3.8) is 0 Å². The molecule has 0 fully saturated rings. The minimum atomic E-state index is 0.729. The molecule has 1 heterocycles. The third-order valence-electron chi connectivity index (χ3n) is 3.93. The van der Waals surface area contributed by atoms with Gasteiger partial charge in [-0.15, -0.1) is 11.3 Å². The van der Waals surface area contributed by atoms with Gasteiger partial charge in [0.1, 0.15) is 0 Å². The molecule has 3 nitrogen and oxygen atoms in total. The number of nitrogens with zero attached hydrogens (tertiary/aromatic N) is 2. The van der Waals surface area contributed by atoms with E-state index >= 15 is 0 Å². The molecule has 3 rings (SSSR count). The highest BCUT2D eigenvalue weighted by molar-refractivity contribution is 7.07. The first-order chi connectivity index (χ1) is 12.2. The lowest BCUT2D eigenvalue weighted by Crippen LogP contribution is -2.17. The number of aromatic nitrogens is 1. The van der Waals surface area contributed by atoms with Gasteiger partial charge >= 0.3 is 0 Å². The third kappa shape index (κ3) is 4.60. The van der Waals surface area contributed by atoms with Crippen LogP contribution in [0.4, 0.5) is 5.69 Å². The molecule has 0 N–H and O–H groups in total. The first-order valence-corrected chi connectivity index (χ1v) is 9.48. The van der Waals surface area contributed by atoms with Gasteiger partial charge in [-0.2, -0.15) is 0 Å². The molecule has 0 saturated heterocycles. The van der Waals surface area contributed by atoms with Crippen LogP contribution in [-0.4, -0.2) is 18.3 Å². The maximum atomic E-state index is 6.03. The van der Waals surface area contributed by atoms with E-state index in [0.29, 0.717) is 0 Å². The van der Waals surface area contributed by atoms with Crippen LogP contribution in [0.2, 0.25) is 5.02 Å². The second-order valence-electron chi connectivity index (χ2n) is 5.86. The topological polar surface area (TPSA) is 26.5 Å². The van der Waals surface area contributed by atoms with Gasteiger partial charge in [0.2, 0.25) is 0 Å². The Morgan fingerprint density at radius 3 is 2.48 bits per heavy atom. The highest BCUT2D eigenvalue weighted by atomic mass is 35.5. The predicted octanol–water partition coefficient (Wildman–Crippen LogP) is 5.45. The quantitative estimate of drug-likeness (QED) is 0.528. The van der Waals surface area contributed by atoms with E-state index < -0.39 is 0 Å². The van der Waals surface area contributed by atoms with Crippen molar-refractivity contribution >= 4 is 28.6 Å². The van der Waals surface area contributed by atoms with Crippen molar-refractivity contribution in [3.05, 3.63) is 69.3 Å². The van der Waals surface area contributed by atoms with Gasteiger partial charge < -0.3 is 9.30 Å². The number of benzene rings is 2. The van der Waals surface area contributed by atoms with Crippen LogP contribution >= 0.6 is 22.9 Å². The number of hydrogen-bond acceptors (Lipinski definition) is 3. The van der Waals surface area contributed by atoms with E-state index in [0.717, 1.165) is 46.3 Å². The van der Waals surface area contributed by atoms with Crippen LogP contribution in [0, 0.1) is 6.92 Å². The zero-order valence-electron chi connectivity index (χ0n) is 14.4. The van der Waals surface area contributed by atoms with Crippen molar-refractivity contribution in [1.82, 2.24) is 4.57 Å². The van der Waals surface area contributed by atoms with Crippen LogP contribution in [0.5, 0.6) is 0 Å². The Bertz CT molecular complexity index is 879. The molecule has 25 heavy (non-hydrogen) atoms. The lowest BCUT2D eigenvalue weighted by molar-refractivity contribution is 0.190. The maximum absolute atomic E-state index is 6.03. The molecule has 2 aromatic carbocycles. The number of aryl methyl sites for hydroxylation is 1. The second kappa shape index (κ2) is 8.48. The molecular weight excluding hydrogens is 352 g/mol. The van der Waals surface area contributed by atoms with Gasteiger partial charge in [-0.05, 0) is 43.2 Å². The molecule has 0 aliphatic carbocycles. The minimum Gasteiger partial charge on any atom is -0.385 e. The normalized spacial score (nSPS) is 11.9. The summed E-state index contributed by atoms with van der Waals surface area (Å²) < 4.78 is 7.47. The van der Waals surface area contributed by atoms with Crippen LogP contribution in [0.25, 0.3) is 11.3 Å². The van der Waals surface area contributed by atoms with Gasteiger partial charge in [0.15, 0.2) is 4.80 Å². The summed E-state index contributed by atoms with van der Waals surface area (Å²) in [5, 5.41) is 2.90. The number of thiazole rings is 1. The predicted molar refractivity (Wildman–Crippen MR) is 106 cm³/mol. The first kappa shape index (κ1) is 17.9. The molecule has 0 saturated carbocycles. The number of ether oxygens (including phenoxy) is 1. The van der Waals surface area contributed by atoms with E-state index in [4.69, 9.17) is 21.3 Å². The monoisotopic (exact) mass is 372 g/mol. The Morgan fingerprint density at radius 1 is 1.08 bits per heavy atom. The second-order valence-corrected chi connectivity index (χ2v) is 7.13. The molecule has 0 bridgehead atoms. The third-order valence-corrected chi connectivity index (χ3v) is 5.04. The van der Waals surface area contributed by atoms with Gasteiger partial charge in [0.05, 0.1) is 11.4 Å². The SMILES string of the molecule is COCCCn1c(-c2ccc(Cl)cc2)csc1=Nc1ccc(C)cc1. The Balaban J connectivity index is 2.02. The Hall–Kier alpha value is -1.88. The summed E-state index contributed by atoms with van der Waals surface area (Å²) in [7, 11) is 1.73. The van der Waals surface area contributed by atoms with Crippen molar-refractivity contribution in [3.8, 4) is 11.3 Å². The van der Waals surface area contributed by atoms with E-state index in [1.165, 1.54) is 5.56 Å². The number of halogens is 1. The molecule has 0 spiro atoms. The molecule has 130 valence electrons. The number of hydrogen-bond donors (Lipinski definition) is 0. The van der Waals surface area contributed by atoms with Crippen LogP contribution in [-0.2, 0) is 11.3 Å². The molecular formula is C20H21ClN2OS. The van der Waals surface area contributed by atoms with Crippen LogP contribution < -0.4 is 4.80 Å². The fourth-order valence-electron chi connectivity index (χ4n) is 2.58. The summed E-state index contributed by atoms with van der Waals surface area (Å²) in [6, 6.07) is 16.2. The van der Waals surface area contributed by atoms with E-state index in [1.54, 1.807) is 18.4 Å². The molecule has 0 atom stereocenters. The highest BCUT2D eigenvalue weighted by Crippen LogP contribution is 2.23. The largest absolute Gasteiger partial charge is 0.385 e. The summed E-state index contributed by atoms with van der Waals surface area (Å²) in [5.74, 6) is 0.